The molecule has 0 fully saturated rings. The van der Waals surface area contributed by atoms with Gasteiger partial charge in [-0.05, 0) is 17.7 Å². The monoisotopic (exact) mass is 191 g/mol. The van der Waals surface area contributed by atoms with Crippen LogP contribution in [0.2, 0.25) is 0 Å². The Morgan fingerprint density at radius 3 is 3.15 bits per heavy atom. The summed E-state index contributed by atoms with van der Waals surface area (Å²) in [6.45, 7) is 0.158. The number of carbonyl (C=O) groups excluding carboxylic acids is 1. The van der Waals surface area contributed by atoms with Crippen LogP contribution < -0.4 is 0 Å². The molecule has 1 aromatic heterocycles. The summed E-state index contributed by atoms with van der Waals surface area (Å²) in [7, 11) is 0. The molecule has 13 heavy (non-hydrogen) atoms. The number of azide groups is 1. The van der Waals surface area contributed by atoms with Crippen LogP contribution in [0.4, 0.5) is 0 Å². The molecule has 1 heterocycles. The molecule has 0 radical (unpaired) electrons. The molecule has 0 spiro atoms. The van der Waals surface area contributed by atoms with Crippen LogP contribution in [-0.2, 0) is 0 Å². The Bertz CT molecular complexity index is 407. The normalized spacial score (nSPS) is 8.00. The van der Waals surface area contributed by atoms with E-state index in [1.165, 1.54) is 11.3 Å². The van der Waals surface area contributed by atoms with E-state index in [1.54, 1.807) is 12.1 Å². The van der Waals surface area contributed by atoms with Gasteiger partial charge >= 0.3 is 0 Å². The number of nitrogens with zero attached hydrogens (tertiary/aromatic N) is 3. The van der Waals surface area contributed by atoms with Crippen LogP contribution in [0.15, 0.2) is 17.2 Å². The first-order chi connectivity index (χ1) is 6.36. The van der Waals surface area contributed by atoms with Crippen molar-refractivity contribution in [3.63, 3.8) is 0 Å². The summed E-state index contributed by atoms with van der Waals surface area (Å²) in [6.07, 6.45) is 0.781. The zero-order valence-corrected chi connectivity index (χ0v) is 7.41. The third kappa shape index (κ3) is 2.99. The fourth-order valence-electron chi connectivity index (χ4n) is 0.677. The minimum Gasteiger partial charge on any atom is -0.297 e. The molecule has 1 aromatic rings. The average Bonchev–Trinajstić information content (AvgIpc) is 2.60. The molecular weight excluding hydrogens is 186 g/mol. The Morgan fingerprint density at radius 2 is 2.54 bits per heavy atom. The van der Waals surface area contributed by atoms with E-state index in [2.05, 4.69) is 21.9 Å². The molecule has 4 nitrogen and oxygen atoms in total. The second kappa shape index (κ2) is 4.99. The summed E-state index contributed by atoms with van der Waals surface area (Å²) >= 11 is 1.31. The van der Waals surface area contributed by atoms with E-state index in [-0.39, 0.29) is 6.54 Å². The minimum atomic E-state index is 0.158. The van der Waals surface area contributed by atoms with Gasteiger partial charge in [0.15, 0.2) is 6.29 Å². The molecule has 0 saturated carbocycles. The van der Waals surface area contributed by atoms with Crippen LogP contribution in [0.25, 0.3) is 10.4 Å². The van der Waals surface area contributed by atoms with Gasteiger partial charge in [-0.1, -0.05) is 17.0 Å². The molecule has 0 unspecified atom stereocenters. The van der Waals surface area contributed by atoms with E-state index in [1.807, 2.05) is 0 Å². The van der Waals surface area contributed by atoms with Crippen molar-refractivity contribution in [2.75, 3.05) is 6.54 Å². The molecule has 64 valence electrons. The highest BCUT2D eigenvalue weighted by Crippen LogP contribution is 2.12. The van der Waals surface area contributed by atoms with Gasteiger partial charge < -0.3 is 0 Å². The molecule has 1 rings (SSSR count). The lowest BCUT2D eigenvalue weighted by Crippen LogP contribution is -1.67. The summed E-state index contributed by atoms with van der Waals surface area (Å²) in [5.74, 6) is 5.44. The molecule has 0 bridgehead atoms. The van der Waals surface area contributed by atoms with Gasteiger partial charge in [-0.25, -0.2) is 0 Å². The predicted molar refractivity (Wildman–Crippen MR) is 50.6 cm³/mol. The fraction of sp³-hybridized carbons (Fsp3) is 0.125. The highest BCUT2D eigenvalue weighted by Gasteiger charge is 1.93. The van der Waals surface area contributed by atoms with Crippen molar-refractivity contribution in [2.24, 2.45) is 5.11 Å². The molecule has 0 aliphatic rings. The Labute approximate surface area is 78.8 Å². The maximum atomic E-state index is 10.3. The van der Waals surface area contributed by atoms with E-state index in [0.717, 1.165) is 11.2 Å². The van der Waals surface area contributed by atoms with Gasteiger partial charge in [0.25, 0.3) is 0 Å². The summed E-state index contributed by atoms with van der Waals surface area (Å²) < 4.78 is 0. The lowest BCUT2D eigenvalue weighted by Gasteiger charge is -1.75. The van der Waals surface area contributed by atoms with E-state index < -0.39 is 0 Å². The number of thiophene rings is 1. The van der Waals surface area contributed by atoms with Crippen molar-refractivity contribution in [3.8, 4) is 11.8 Å². The van der Waals surface area contributed by atoms with Crippen molar-refractivity contribution in [1.29, 1.82) is 0 Å². The third-order valence-corrected chi connectivity index (χ3v) is 2.09. The van der Waals surface area contributed by atoms with E-state index in [9.17, 15) is 4.79 Å². The number of rotatable bonds is 2. The lowest BCUT2D eigenvalue weighted by molar-refractivity contribution is 0.112. The van der Waals surface area contributed by atoms with Gasteiger partial charge in [-0.2, -0.15) is 0 Å². The Morgan fingerprint density at radius 1 is 1.69 bits per heavy atom. The van der Waals surface area contributed by atoms with Crippen molar-refractivity contribution in [3.05, 3.63) is 32.3 Å². The fourth-order valence-corrected chi connectivity index (χ4v) is 1.37. The Kier molecular flexibility index (Phi) is 3.58. The zero-order valence-electron chi connectivity index (χ0n) is 6.60. The van der Waals surface area contributed by atoms with Gasteiger partial charge in [-0.15, -0.1) is 11.3 Å². The van der Waals surface area contributed by atoms with Crippen LogP contribution in [0.5, 0.6) is 0 Å². The lowest BCUT2D eigenvalue weighted by atomic mass is 10.4. The Balaban J connectivity index is 2.66. The number of aldehydes is 1. The SMILES string of the molecule is [N-]=[N+]=NCC#Cc1ccc(C=O)s1. The largest absolute Gasteiger partial charge is 0.297 e. The summed E-state index contributed by atoms with van der Waals surface area (Å²) in [5, 5.41) is 3.26. The van der Waals surface area contributed by atoms with Crippen molar-refractivity contribution in [2.45, 2.75) is 0 Å². The molecule has 0 N–H and O–H groups in total. The van der Waals surface area contributed by atoms with Crippen molar-refractivity contribution >= 4 is 17.6 Å². The van der Waals surface area contributed by atoms with Crippen molar-refractivity contribution < 1.29 is 4.79 Å². The first-order valence-electron chi connectivity index (χ1n) is 3.41. The molecular formula is C8H5N3OS. The van der Waals surface area contributed by atoms with Gasteiger partial charge in [-0.3, -0.25) is 4.79 Å². The van der Waals surface area contributed by atoms with Crippen LogP contribution >= 0.6 is 11.3 Å². The van der Waals surface area contributed by atoms with Gasteiger partial charge in [0.05, 0.1) is 16.3 Å². The second-order valence-corrected chi connectivity index (χ2v) is 3.13. The van der Waals surface area contributed by atoms with Crippen molar-refractivity contribution in [1.82, 2.24) is 0 Å². The molecule has 5 heteroatoms. The zero-order chi connectivity index (χ0) is 9.52. The van der Waals surface area contributed by atoms with Crippen LogP contribution in [-0.4, -0.2) is 12.8 Å². The van der Waals surface area contributed by atoms with Gasteiger partial charge in [0, 0.05) is 4.91 Å². The number of hydrogen-bond donors (Lipinski definition) is 0. The van der Waals surface area contributed by atoms with E-state index >= 15 is 0 Å². The first kappa shape index (κ1) is 9.33. The van der Waals surface area contributed by atoms with Crippen LogP contribution in [0, 0.1) is 11.8 Å². The average molecular weight is 191 g/mol. The second-order valence-electron chi connectivity index (χ2n) is 2.01. The summed E-state index contributed by atoms with van der Waals surface area (Å²) in [5.41, 5.74) is 7.95. The molecule has 0 saturated heterocycles. The first-order valence-corrected chi connectivity index (χ1v) is 4.23. The molecule has 0 amide bonds. The van der Waals surface area contributed by atoms with Crippen LogP contribution in [0.1, 0.15) is 14.5 Å². The van der Waals surface area contributed by atoms with Gasteiger partial charge in [0.1, 0.15) is 0 Å². The topological polar surface area (TPSA) is 65.8 Å². The quantitative estimate of drug-likeness (QED) is 0.232. The smallest absolute Gasteiger partial charge is 0.160 e. The standard InChI is InChI=1S/C8H5N3OS/c9-11-10-5-1-2-7-3-4-8(6-12)13-7/h3-4,6H,5H2. The van der Waals surface area contributed by atoms with E-state index in [4.69, 9.17) is 5.53 Å². The summed E-state index contributed by atoms with van der Waals surface area (Å²) in [4.78, 5) is 14.3. The van der Waals surface area contributed by atoms with E-state index in [0.29, 0.717) is 4.88 Å². The predicted octanol–water partition coefficient (Wildman–Crippen LogP) is 2.22. The number of carbonyl (C=O) groups is 1. The van der Waals surface area contributed by atoms with Crippen LogP contribution in [0.3, 0.4) is 0 Å². The Hall–Kier alpha value is -1.76. The molecule has 0 aliphatic carbocycles. The molecule has 0 aromatic carbocycles. The minimum absolute atomic E-state index is 0.158. The molecule has 0 atom stereocenters. The van der Waals surface area contributed by atoms with Gasteiger partial charge in [0.2, 0.25) is 0 Å². The number of hydrogen-bond acceptors (Lipinski definition) is 3. The maximum absolute atomic E-state index is 10.3. The summed E-state index contributed by atoms with van der Waals surface area (Å²) in [6, 6.07) is 3.47. The maximum Gasteiger partial charge on any atom is 0.160 e. The highest BCUT2D eigenvalue weighted by atomic mass is 32.1. The third-order valence-electron chi connectivity index (χ3n) is 1.17. The highest BCUT2D eigenvalue weighted by molar-refractivity contribution is 7.14. The molecule has 0 aliphatic heterocycles.